The van der Waals surface area contributed by atoms with Gasteiger partial charge in [-0.25, -0.2) is 0 Å². The smallest absolute Gasteiger partial charge is 0.241 e. The maximum Gasteiger partial charge on any atom is 0.241 e. The van der Waals surface area contributed by atoms with Crippen molar-refractivity contribution >= 4 is 11.6 Å². The first kappa shape index (κ1) is 17.0. The van der Waals surface area contributed by atoms with E-state index in [4.69, 9.17) is 0 Å². The minimum Gasteiger partial charge on any atom is -0.393 e. The molecule has 1 saturated heterocycles. The largest absolute Gasteiger partial charge is 0.393 e. The molecule has 1 heterocycles. The lowest BCUT2D eigenvalue weighted by atomic mass is 10.1. The minimum atomic E-state index is -0.319. The number of hydrogen-bond acceptors (Lipinski definition) is 3. The Hall–Kier alpha value is -1.39. The number of nitrogens with zero attached hydrogens (tertiary/aromatic N) is 1. The fourth-order valence-corrected chi connectivity index (χ4v) is 3.46. The average Bonchev–Trinajstić information content (AvgIpc) is 2.83. The van der Waals surface area contributed by atoms with E-state index in [9.17, 15) is 9.90 Å². The zero-order chi connectivity index (χ0) is 16.3. The Bertz CT molecular complexity index is 508. The van der Waals surface area contributed by atoms with Crippen molar-refractivity contribution in [2.24, 2.45) is 0 Å². The van der Waals surface area contributed by atoms with Crippen LogP contribution in [-0.4, -0.2) is 40.6 Å². The fourth-order valence-electron chi connectivity index (χ4n) is 3.46. The highest BCUT2D eigenvalue weighted by molar-refractivity contribution is 5.94. The molecule has 0 radical (unpaired) electrons. The lowest BCUT2D eigenvalue weighted by molar-refractivity contribution is -0.121. The molecule has 0 saturated carbocycles. The summed E-state index contributed by atoms with van der Waals surface area (Å²) in [5.41, 5.74) is 3.16. The van der Waals surface area contributed by atoms with Crippen molar-refractivity contribution in [1.29, 1.82) is 0 Å². The number of carbonyl (C=O) groups excluding carboxylic acids is 1. The third-order valence-electron chi connectivity index (χ3n) is 4.40. The third-order valence-corrected chi connectivity index (χ3v) is 4.40. The summed E-state index contributed by atoms with van der Waals surface area (Å²) in [6.07, 6.45) is 2.58. The Balaban J connectivity index is 2.02. The number of aliphatic hydroxyl groups is 1. The molecule has 0 bridgehead atoms. The van der Waals surface area contributed by atoms with Crippen molar-refractivity contribution in [3.8, 4) is 0 Å². The lowest BCUT2D eigenvalue weighted by Crippen LogP contribution is -2.45. The molecule has 4 nitrogen and oxygen atoms in total. The van der Waals surface area contributed by atoms with Gasteiger partial charge in [-0.2, -0.15) is 0 Å². The minimum absolute atomic E-state index is 0.0301. The third kappa shape index (κ3) is 4.31. The quantitative estimate of drug-likeness (QED) is 0.879. The van der Waals surface area contributed by atoms with Gasteiger partial charge in [0.2, 0.25) is 5.91 Å². The number of amides is 1. The maximum atomic E-state index is 12.5. The van der Waals surface area contributed by atoms with E-state index in [1.807, 2.05) is 39.8 Å². The number of nitrogens with one attached hydrogen (secondary N) is 1. The van der Waals surface area contributed by atoms with Gasteiger partial charge in [0.25, 0.3) is 0 Å². The zero-order valence-corrected chi connectivity index (χ0v) is 14.1. The Morgan fingerprint density at radius 2 is 1.95 bits per heavy atom. The highest BCUT2D eigenvalue weighted by Gasteiger charge is 2.32. The summed E-state index contributed by atoms with van der Waals surface area (Å²) in [4.78, 5) is 14.8. The van der Waals surface area contributed by atoms with Crippen LogP contribution in [0.3, 0.4) is 0 Å². The molecule has 1 aromatic rings. The van der Waals surface area contributed by atoms with E-state index >= 15 is 0 Å². The van der Waals surface area contributed by atoms with Gasteiger partial charge in [0.1, 0.15) is 0 Å². The molecule has 3 unspecified atom stereocenters. The summed E-state index contributed by atoms with van der Waals surface area (Å²) in [5, 5.41) is 12.7. The number of anilines is 1. The molecular weight excluding hydrogens is 276 g/mol. The van der Waals surface area contributed by atoms with Crippen molar-refractivity contribution in [3.05, 3.63) is 29.3 Å². The van der Waals surface area contributed by atoms with E-state index in [1.54, 1.807) is 0 Å². The number of hydrogen-bond donors (Lipinski definition) is 2. The van der Waals surface area contributed by atoms with Crippen LogP contribution in [0, 0.1) is 13.8 Å². The number of likely N-dealkylation sites (tertiary alicyclic amines) is 1. The highest BCUT2D eigenvalue weighted by atomic mass is 16.3. The molecule has 1 aliphatic rings. The van der Waals surface area contributed by atoms with Crippen LogP contribution in [-0.2, 0) is 4.79 Å². The molecule has 1 aromatic carbocycles. The SMILES string of the molecule is Cc1cc(C)cc(NC(=O)C(C)N2CCCC2CC(C)O)c1. The number of carbonyl (C=O) groups is 1. The Morgan fingerprint density at radius 3 is 2.55 bits per heavy atom. The van der Waals surface area contributed by atoms with E-state index < -0.39 is 0 Å². The van der Waals surface area contributed by atoms with Crippen molar-refractivity contribution in [2.75, 3.05) is 11.9 Å². The molecule has 1 aliphatic heterocycles. The predicted molar refractivity (Wildman–Crippen MR) is 90.0 cm³/mol. The number of aliphatic hydroxyl groups excluding tert-OH is 1. The second-order valence-electron chi connectivity index (χ2n) is 6.66. The van der Waals surface area contributed by atoms with Gasteiger partial charge in [-0.15, -0.1) is 0 Å². The molecule has 3 atom stereocenters. The topological polar surface area (TPSA) is 52.6 Å². The Labute approximate surface area is 133 Å². The summed E-state index contributed by atoms with van der Waals surface area (Å²) in [6, 6.07) is 6.22. The van der Waals surface area contributed by atoms with E-state index in [-0.39, 0.29) is 18.1 Å². The summed E-state index contributed by atoms with van der Waals surface area (Å²) in [7, 11) is 0. The van der Waals surface area contributed by atoms with Gasteiger partial charge in [0.05, 0.1) is 12.1 Å². The number of aryl methyl sites for hydroxylation is 2. The monoisotopic (exact) mass is 304 g/mol. The van der Waals surface area contributed by atoms with Gasteiger partial charge < -0.3 is 10.4 Å². The molecule has 0 aromatic heterocycles. The average molecular weight is 304 g/mol. The van der Waals surface area contributed by atoms with Crippen molar-refractivity contribution in [2.45, 2.75) is 65.1 Å². The zero-order valence-electron chi connectivity index (χ0n) is 14.1. The van der Waals surface area contributed by atoms with E-state index in [0.29, 0.717) is 6.04 Å². The van der Waals surface area contributed by atoms with E-state index in [0.717, 1.165) is 42.6 Å². The van der Waals surface area contributed by atoms with Crippen molar-refractivity contribution < 1.29 is 9.90 Å². The molecule has 2 rings (SSSR count). The lowest BCUT2D eigenvalue weighted by Gasteiger charge is -2.30. The fraction of sp³-hybridized carbons (Fsp3) is 0.611. The highest BCUT2D eigenvalue weighted by Crippen LogP contribution is 2.24. The second-order valence-corrected chi connectivity index (χ2v) is 6.66. The maximum absolute atomic E-state index is 12.5. The molecule has 0 spiro atoms. The number of benzene rings is 1. The summed E-state index contributed by atoms with van der Waals surface area (Å²) in [5.74, 6) is 0.0301. The van der Waals surface area contributed by atoms with Gasteiger partial charge in [0, 0.05) is 11.7 Å². The second kappa shape index (κ2) is 7.25. The molecule has 1 amide bonds. The Kier molecular flexibility index (Phi) is 5.59. The number of rotatable bonds is 5. The molecule has 122 valence electrons. The first-order valence-corrected chi connectivity index (χ1v) is 8.20. The first-order chi connectivity index (χ1) is 10.4. The van der Waals surface area contributed by atoms with Crippen LogP contribution in [0.4, 0.5) is 5.69 Å². The normalized spacial score (nSPS) is 21.6. The van der Waals surface area contributed by atoms with Crippen molar-refractivity contribution in [1.82, 2.24) is 4.90 Å². The Morgan fingerprint density at radius 1 is 1.32 bits per heavy atom. The molecule has 22 heavy (non-hydrogen) atoms. The standard InChI is InChI=1S/C18H28N2O2/c1-12-8-13(2)10-16(9-12)19-18(22)15(4)20-7-5-6-17(20)11-14(3)21/h8-10,14-15,17,21H,5-7,11H2,1-4H3,(H,19,22). The van der Waals surface area contributed by atoms with Crippen LogP contribution in [0.15, 0.2) is 18.2 Å². The van der Waals surface area contributed by atoms with Gasteiger partial charge in [0.15, 0.2) is 0 Å². The van der Waals surface area contributed by atoms with Crippen LogP contribution in [0.25, 0.3) is 0 Å². The molecular formula is C18H28N2O2. The molecule has 4 heteroatoms. The summed E-state index contributed by atoms with van der Waals surface area (Å²) < 4.78 is 0. The van der Waals surface area contributed by atoms with Gasteiger partial charge in [-0.05, 0) is 76.8 Å². The van der Waals surface area contributed by atoms with E-state index in [1.165, 1.54) is 0 Å². The van der Waals surface area contributed by atoms with Crippen LogP contribution in [0.1, 0.15) is 44.2 Å². The van der Waals surface area contributed by atoms with Crippen molar-refractivity contribution in [3.63, 3.8) is 0 Å². The van der Waals surface area contributed by atoms with Crippen LogP contribution in [0.5, 0.6) is 0 Å². The summed E-state index contributed by atoms with van der Waals surface area (Å²) >= 11 is 0. The van der Waals surface area contributed by atoms with Crippen LogP contribution < -0.4 is 5.32 Å². The predicted octanol–water partition coefficient (Wildman–Crippen LogP) is 2.87. The van der Waals surface area contributed by atoms with Gasteiger partial charge >= 0.3 is 0 Å². The molecule has 0 aliphatic carbocycles. The molecule has 2 N–H and O–H groups in total. The first-order valence-electron chi connectivity index (χ1n) is 8.20. The van der Waals surface area contributed by atoms with Crippen LogP contribution >= 0.6 is 0 Å². The van der Waals surface area contributed by atoms with Gasteiger partial charge in [-0.3, -0.25) is 9.69 Å². The van der Waals surface area contributed by atoms with E-state index in [2.05, 4.69) is 16.3 Å². The van der Waals surface area contributed by atoms with Crippen LogP contribution in [0.2, 0.25) is 0 Å². The summed E-state index contributed by atoms with van der Waals surface area (Å²) in [6.45, 7) is 8.77. The van der Waals surface area contributed by atoms with Gasteiger partial charge in [-0.1, -0.05) is 6.07 Å². The molecule has 1 fully saturated rings.